The molecule has 0 bridgehead atoms. The molecule has 2 aromatic rings. The Labute approximate surface area is 135 Å². The summed E-state index contributed by atoms with van der Waals surface area (Å²) in [5.74, 6) is 1.38. The van der Waals surface area contributed by atoms with Gasteiger partial charge in [0, 0.05) is 18.8 Å². The minimum Gasteiger partial charge on any atom is -0.339 e. The summed E-state index contributed by atoms with van der Waals surface area (Å²) in [5, 5.41) is 6.70. The van der Waals surface area contributed by atoms with Crippen LogP contribution in [0.25, 0.3) is 0 Å². The maximum absolute atomic E-state index is 12.2. The highest BCUT2D eigenvalue weighted by molar-refractivity contribution is 5.90. The number of likely N-dealkylation sites (tertiary alicyclic amines) is 1. The molecule has 1 fully saturated rings. The Balaban J connectivity index is 1.54. The van der Waals surface area contributed by atoms with Crippen LogP contribution in [0, 0.1) is 6.92 Å². The van der Waals surface area contributed by atoms with E-state index in [2.05, 4.69) is 48.4 Å². The molecule has 6 heteroatoms. The Morgan fingerprint density at radius 2 is 1.91 bits per heavy atom. The number of benzene rings is 1. The Morgan fingerprint density at radius 1 is 1.26 bits per heavy atom. The predicted molar refractivity (Wildman–Crippen MR) is 87.5 cm³/mol. The average molecular weight is 314 g/mol. The molecule has 0 spiro atoms. The molecule has 1 aliphatic heterocycles. The van der Waals surface area contributed by atoms with Gasteiger partial charge in [0.05, 0.1) is 5.92 Å². The number of anilines is 1. The van der Waals surface area contributed by atoms with Crippen molar-refractivity contribution in [2.24, 2.45) is 0 Å². The molecule has 1 aromatic carbocycles. The normalized spacial score (nSPS) is 15.4. The van der Waals surface area contributed by atoms with Crippen molar-refractivity contribution in [1.82, 2.24) is 15.0 Å². The number of urea groups is 1. The topological polar surface area (TPSA) is 71.3 Å². The molecule has 2 heterocycles. The van der Waals surface area contributed by atoms with E-state index in [9.17, 15) is 4.79 Å². The first kappa shape index (κ1) is 15.5. The highest BCUT2D eigenvalue weighted by Crippen LogP contribution is 2.27. The number of aromatic nitrogens is 2. The fraction of sp³-hybridized carbons (Fsp3) is 0.471. The van der Waals surface area contributed by atoms with Crippen molar-refractivity contribution in [1.29, 1.82) is 0 Å². The molecule has 3 rings (SSSR count). The summed E-state index contributed by atoms with van der Waals surface area (Å²) < 4.78 is 5.14. The van der Waals surface area contributed by atoms with Crippen LogP contribution in [0.3, 0.4) is 0 Å². The maximum atomic E-state index is 12.2. The molecule has 1 aromatic heterocycles. The second kappa shape index (κ2) is 5.68. The molecule has 0 saturated carbocycles. The SMILES string of the molecule is Cc1noc(C2CN(C(=O)Nc3ccc(C(C)(C)C)cc3)C2)n1. The minimum atomic E-state index is -0.0963. The summed E-state index contributed by atoms with van der Waals surface area (Å²) in [6.07, 6.45) is 0. The molecule has 0 radical (unpaired) electrons. The number of nitrogens with one attached hydrogen (secondary N) is 1. The van der Waals surface area contributed by atoms with Crippen molar-refractivity contribution < 1.29 is 9.32 Å². The van der Waals surface area contributed by atoms with Gasteiger partial charge in [-0.25, -0.2) is 4.79 Å². The van der Waals surface area contributed by atoms with Crippen LogP contribution in [0.4, 0.5) is 10.5 Å². The predicted octanol–water partition coefficient (Wildman–Crippen LogP) is 3.31. The highest BCUT2D eigenvalue weighted by atomic mass is 16.5. The van der Waals surface area contributed by atoms with E-state index in [0.29, 0.717) is 24.8 Å². The highest BCUT2D eigenvalue weighted by Gasteiger charge is 2.35. The van der Waals surface area contributed by atoms with Gasteiger partial charge in [-0.3, -0.25) is 0 Å². The van der Waals surface area contributed by atoms with Crippen molar-refractivity contribution in [3.63, 3.8) is 0 Å². The fourth-order valence-electron chi connectivity index (χ4n) is 2.54. The smallest absolute Gasteiger partial charge is 0.321 e. The van der Waals surface area contributed by atoms with E-state index < -0.39 is 0 Å². The van der Waals surface area contributed by atoms with Gasteiger partial charge >= 0.3 is 6.03 Å². The lowest BCUT2D eigenvalue weighted by Gasteiger charge is -2.36. The van der Waals surface area contributed by atoms with Gasteiger partial charge in [-0.05, 0) is 30.0 Å². The fourth-order valence-corrected chi connectivity index (χ4v) is 2.54. The summed E-state index contributed by atoms with van der Waals surface area (Å²) in [4.78, 5) is 18.2. The van der Waals surface area contributed by atoms with Crippen LogP contribution in [0.5, 0.6) is 0 Å². The van der Waals surface area contributed by atoms with Crippen LogP contribution in [-0.2, 0) is 5.41 Å². The molecule has 0 aliphatic carbocycles. The second-order valence-corrected chi connectivity index (χ2v) is 7.04. The second-order valence-electron chi connectivity index (χ2n) is 7.04. The van der Waals surface area contributed by atoms with Crippen LogP contribution in [0.15, 0.2) is 28.8 Å². The summed E-state index contributed by atoms with van der Waals surface area (Å²) in [6, 6.07) is 7.89. The molecule has 0 unspecified atom stereocenters. The monoisotopic (exact) mass is 314 g/mol. The third kappa shape index (κ3) is 3.36. The number of hydrogen-bond donors (Lipinski definition) is 1. The van der Waals surface area contributed by atoms with Crippen molar-refractivity contribution >= 4 is 11.7 Å². The van der Waals surface area contributed by atoms with Crippen molar-refractivity contribution in [3.8, 4) is 0 Å². The third-order valence-corrected chi connectivity index (χ3v) is 4.06. The number of carbonyl (C=O) groups excluding carboxylic acids is 1. The molecular formula is C17H22N4O2. The summed E-state index contributed by atoms with van der Waals surface area (Å²) >= 11 is 0. The number of aryl methyl sites for hydroxylation is 1. The first-order valence-corrected chi connectivity index (χ1v) is 7.79. The molecular weight excluding hydrogens is 292 g/mol. The van der Waals surface area contributed by atoms with E-state index in [0.717, 1.165) is 5.69 Å². The summed E-state index contributed by atoms with van der Waals surface area (Å²) in [6.45, 7) is 9.50. The minimum absolute atomic E-state index is 0.0963. The third-order valence-electron chi connectivity index (χ3n) is 4.06. The van der Waals surface area contributed by atoms with E-state index >= 15 is 0 Å². The zero-order valence-electron chi connectivity index (χ0n) is 14.0. The zero-order chi connectivity index (χ0) is 16.6. The van der Waals surface area contributed by atoms with Crippen LogP contribution in [-0.4, -0.2) is 34.2 Å². The lowest BCUT2D eigenvalue weighted by atomic mass is 9.87. The lowest BCUT2D eigenvalue weighted by Crippen LogP contribution is -2.50. The standard InChI is InChI=1S/C17H22N4O2/c1-11-18-15(23-20-11)12-9-21(10-12)16(22)19-14-7-5-13(6-8-14)17(2,3)4/h5-8,12H,9-10H2,1-4H3,(H,19,22). The lowest BCUT2D eigenvalue weighted by molar-refractivity contribution is 0.147. The van der Waals surface area contributed by atoms with Gasteiger partial charge in [0.1, 0.15) is 0 Å². The van der Waals surface area contributed by atoms with E-state index in [1.54, 1.807) is 11.8 Å². The molecule has 0 atom stereocenters. The van der Waals surface area contributed by atoms with Crippen LogP contribution < -0.4 is 5.32 Å². The number of carbonyl (C=O) groups is 1. The van der Waals surface area contributed by atoms with Gasteiger partial charge in [-0.2, -0.15) is 4.98 Å². The first-order chi connectivity index (χ1) is 10.8. The van der Waals surface area contributed by atoms with Crippen LogP contribution in [0.1, 0.15) is 44.0 Å². The van der Waals surface area contributed by atoms with Crippen molar-refractivity contribution in [3.05, 3.63) is 41.5 Å². The van der Waals surface area contributed by atoms with Gasteiger partial charge in [0.15, 0.2) is 5.82 Å². The van der Waals surface area contributed by atoms with Crippen LogP contribution in [0.2, 0.25) is 0 Å². The molecule has 1 N–H and O–H groups in total. The van der Waals surface area contributed by atoms with Gasteiger partial charge in [-0.1, -0.05) is 38.1 Å². The largest absolute Gasteiger partial charge is 0.339 e. The molecule has 6 nitrogen and oxygen atoms in total. The maximum Gasteiger partial charge on any atom is 0.321 e. The van der Waals surface area contributed by atoms with Gasteiger partial charge in [-0.15, -0.1) is 0 Å². The Bertz CT molecular complexity index is 694. The van der Waals surface area contributed by atoms with Gasteiger partial charge in [0.2, 0.25) is 5.89 Å². The molecule has 1 aliphatic rings. The first-order valence-electron chi connectivity index (χ1n) is 7.79. The van der Waals surface area contributed by atoms with Gasteiger partial charge < -0.3 is 14.7 Å². The quantitative estimate of drug-likeness (QED) is 0.923. The molecule has 2 amide bonds. The molecule has 122 valence electrons. The van der Waals surface area contributed by atoms with E-state index in [1.165, 1.54) is 5.56 Å². The number of amides is 2. The number of nitrogens with zero attached hydrogens (tertiary/aromatic N) is 3. The summed E-state index contributed by atoms with van der Waals surface area (Å²) in [7, 11) is 0. The number of hydrogen-bond acceptors (Lipinski definition) is 4. The average Bonchev–Trinajstić information content (AvgIpc) is 2.83. The zero-order valence-corrected chi connectivity index (χ0v) is 14.0. The Hall–Kier alpha value is -2.37. The summed E-state index contributed by atoms with van der Waals surface area (Å²) in [5.41, 5.74) is 2.15. The van der Waals surface area contributed by atoms with Crippen molar-refractivity contribution in [2.75, 3.05) is 18.4 Å². The van der Waals surface area contributed by atoms with Gasteiger partial charge in [0.25, 0.3) is 0 Å². The van der Waals surface area contributed by atoms with E-state index in [-0.39, 0.29) is 17.4 Å². The van der Waals surface area contributed by atoms with E-state index in [1.807, 2.05) is 12.1 Å². The molecule has 1 saturated heterocycles. The Kier molecular flexibility index (Phi) is 3.83. The van der Waals surface area contributed by atoms with E-state index in [4.69, 9.17) is 4.52 Å². The number of rotatable bonds is 2. The Morgan fingerprint density at radius 3 is 2.43 bits per heavy atom. The van der Waals surface area contributed by atoms with Crippen LogP contribution >= 0.6 is 0 Å². The molecule has 23 heavy (non-hydrogen) atoms. The van der Waals surface area contributed by atoms with Crippen molar-refractivity contribution in [2.45, 2.75) is 39.0 Å².